The molecule has 0 aliphatic heterocycles. The summed E-state index contributed by atoms with van der Waals surface area (Å²) in [4.78, 5) is 22.4. The van der Waals surface area contributed by atoms with E-state index >= 15 is 0 Å². The van der Waals surface area contributed by atoms with Crippen LogP contribution in [0.4, 0.5) is 5.69 Å². The topological polar surface area (TPSA) is 98.2 Å². The summed E-state index contributed by atoms with van der Waals surface area (Å²) >= 11 is 0. The maximum Gasteiger partial charge on any atom is 0.241 e. The molecule has 0 fully saturated rings. The van der Waals surface area contributed by atoms with Gasteiger partial charge in [-0.05, 0) is 42.5 Å². The molecule has 5 nitrogen and oxygen atoms in total. The van der Waals surface area contributed by atoms with Gasteiger partial charge in [0.25, 0.3) is 0 Å². The molecule has 2 amide bonds. The van der Waals surface area contributed by atoms with Crippen molar-refractivity contribution in [3.05, 3.63) is 29.3 Å². The van der Waals surface area contributed by atoms with Crippen LogP contribution in [-0.2, 0) is 22.4 Å². The molecule has 0 saturated carbocycles. The monoisotopic (exact) mass is 247 g/mol. The first-order chi connectivity index (χ1) is 8.56. The van der Waals surface area contributed by atoms with E-state index < -0.39 is 11.9 Å². The Morgan fingerprint density at radius 2 is 2.00 bits per heavy atom. The Morgan fingerprint density at radius 1 is 1.28 bits per heavy atom. The van der Waals surface area contributed by atoms with Gasteiger partial charge in [-0.1, -0.05) is 6.07 Å². The maximum absolute atomic E-state index is 11.7. The summed E-state index contributed by atoms with van der Waals surface area (Å²) in [5, 5.41) is 2.71. The molecular formula is C13H17N3O2. The van der Waals surface area contributed by atoms with Crippen LogP contribution in [0.25, 0.3) is 0 Å². The zero-order valence-electron chi connectivity index (χ0n) is 10.1. The Labute approximate surface area is 106 Å². The second-order valence-corrected chi connectivity index (χ2v) is 4.60. The maximum atomic E-state index is 11.7. The Morgan fingerprint density at radius 3 is 2.72 bits per heavy atom. The highest BCUT2D eigenvalue weighted by Crippen LogP contribution is 2.24. The van der Waals surface area contributed by atoms with Crippen LogP contribution in [0.5, 0.6) is 0 Å². The quantitative estimate of drug-likeness (QED) is 0.714. The number of rotatable bonds is 4. The van der Waals surface area contributed by atoms with Crippen LogP contribution in [0.3, 0.4) is 0 Å². The minimum absolute atomic E-state index is 0.142. The Bertz CT molecular complexity index is 485. The number of nitrogens with one attached hydrogen (secondary N) is 1. The average Bonchev–Trinajstić information content (AvgIpc) is 2.75. The van der Waals surface area contributed by atoms with Crippen LogP contribution in [0.2, 0.25) is 0 Å². The van der Waals surface area contributed by atoms with Crippen molar-refractivity contribution in [2.75, 3.05) is 5.32 Å². The Kier molecular flexibility index (Phi) is 3.62. The van der Waals surface area contributed by atoms with Crippen molar-refractivity contribution in [3.8, 4) is 0 Å². The van der Waals surface area contributed by atoms with Crippen LogP contribution in [0.1, 0.15) is 24.0 Å². The Balaban J connectivity index is 2.01. The lowest BCUT2D eigenvalue weighted by molar-refractivity contribution is -0.123. The lowest BCUT2D eigenvalue weighted by atomic mass is 10.1. The molecule has 1 atom stereocenters. The minimum atomic E-state index is -0.893. The van der Waals surface area contributed by atoms with Crippen LogP contribution in [0.15, 0.2) is 18.2 Å². The number of primary amides is 1. The largest absolute Gasteiger partial charge is 0.370 e. The standard InChI is InChI=1S/C13H17N3O2/c14-11(7-12(15)17)13(18)16-10-5-4-8-2-1-3-9(8)6-10/h4-6,11H,1-3,7,14H2,(H2,15,17)(H,16,18). The van der Waals surface area contributed by atoms with Gasteiger partial charge in [-0.25, -0.2) is 0 Å². The van der Waals surface area contributed by atoms with E-state index in [4.69, 9.17) is 11.5 Å². The molecule has 0 saturated heterocycles. The van der Waals surface area contributed by atoms with Gasteiger partial charge in [-0.2, -0.15) is 0 Å². The van der Waals surface area contributed by atoms with E-state index in [2.05, 4.69) is 5.32 Å². The second kappa shape index (κ2) is 5.18. The van der Waals surface area contributed by atoms with Crippen molar-refractivity contribution in [2.24, 2.45) is 11.5 Å². The molecule has 1 aliphatic rings. The summed E-state index contributed by atoms with van der Waals surface area (Å²) in [6.07, 6.45) is 3.17. The number of carbonyl (C=O) groups excluding carboxylic acids is 2. The van der Waals surface area contributed by atoms with Gasteiger partial charge in [0.1, 0.15) is 0 Å². The van der Waals surface area contributed by atoms with E-state index in [1.165, 1.54) is 11.1 Å². The summed E-state index contributed by atoms with van der Waals surface area (Å²) in [5.74, 6) is -0.960. The number of hydrogen-bond acceptors (Lipinski definition) is 3. The molecule has 0 radical (unpaired) electrons. The third-order valence-electron chi connectivity index (χ3n) is 3.12. The highest BCUT2D eigenvalue weighted by molar-refractivity contribution is 5.97. The number of anilines is 1. The van der Waals surface area contributed by atoms with E-state index in [9.17, 15) is 9.59 Å². The Hall–Kier alpha value is -1.88. The molecular weight excluding hydrogens is 230 g/mol. The van der Waals surface area contributed by atoms with Crippen LogP contribution in [0, 0.1) is 0 Å². The lowest BCUT2D eigenvalue weighted by Crippen LogP contribution is -2.39. The highest BCUT2D eigenvalue weighted by Gasteiger charge is 2.17. The fourth-order valence-corrected chi connectivity index (χ4v) is 2.19. The van der Waals surface area contributed by atoms with Gasteiger partial charge < -0.3 is 16.8 Å². The molecule has 0 heterocycles. The van der Waals surface area contributed by atoms with Crippen LogP contribution >= 0.6 is 0 Å². The minimum Gasteiger partial charge on any atom is -0.370 e. The van der Waals surface area contributed by atoms with Crippen LogP contribution < -0.4 is 16.8 Å². The zero-order chi connectivity index (χ0) is 13.1. The van der Waals surface area contributed by atoms with Crippen molar-refractivity contribution < 1.29 is 9.59 Å². The summed E-state index contributed by atoms with van der Waals surface area (Å²) < 4.78 is 0. The summed E-state index contributed by atoms with van der Waals surface area (Å²) in [6, 6.07) is 4.96. The third-order valence-corrected chi connectivity index (χ3v) is 3.12. The van der Waals surface area contributed by atoms with E-state index in [0.29, 0.717) is 0 Å². The van der Waals surface area contributed by atoms with Gasteiger partial charge >= 0.3 is 0 Å². The molecule has 96 valence electrons. The smallest absolute Gasteiger partial charge is 0.241 e. The summed E-state index contributed by atoms with van der Waals surface area (Å²) in [6.45, 7) is 0. The lowest BCUT2D eigenvalue weighted by Gasteiger charge is -2.11. The van der Waals surface area contributed by atoms with Crippen LogP contribution in [-0.4, -0.2) is 17.9 Å². The van der Waals surface area contributed by atoms with Gasteiger partial charge in [0, 0.05) is 5.69 Å². The average molecular weight is 247 g/mol. The molecule has 1 aromatic carbocycles. The number of hydrogen-bond donors (Lipinski definition) is 3. The number of benzene rings is 1. The second-order valence-electron chi connectivity index (χ2n) is 4.60. The molecule has 1 aliphatic carbocycles. The van der Waals surface area contributed by atoms with Gasteiger partial charge in [0.05, 0.1) is 12.5 Å². The predicted octanol–water partition coefficient (Wildman–Crippen LogP) is 0.316. The van der Waals surface area contributed by atoms with E-state index in [1.54, 1.807) is 0 Å². The first kappa shape index (κ1) is 12.6. The number of aryl methyl sites for hydroxylation is 2. The van der Waals surface area contributed by atoms with Crippen molar-refractivity contribution in [3.63, 3.8) is 0 Å². The highest BCUT2D eigenvalue weighted by atomic mass is 16.2. The molecule has 5 N–H and O–H groups in total. The fourth-order valence-electron chi connectivity index (χ4n) is 2.19. The molecule has 0 aromatic heterocycles. The molecule has 1 unspecified atom stereocenters. The summed E-state index contributed by atoms with van der Waals surface area (Å²) in [5.41, 5.74) is 13.9. The van der Waals surface area contributed by atoms with Crippen molar-refractivity contribution in [2.45, 2.75) is 31.7 Å². The molecule has 0 spiro atoms. The fraction of sp³-hybridized carbons (Fsp3) is 0.385. The van der Waals surface area contributed by atoms with Crippen molar-refractivity contribution in [1.29, 1.82) is 0 Å². The molecule has 2 rings (SSSR count). The zero-order valence-corrected chi connectivity index (χ0v) is 10.1. The molecule has 5 heteroatoms. The van der Waals surface area contributed by atoms with E-state index in [0.717, 1.165) is 24.9 Å². The number of carbonyl (C=O) groups is 2. The normalized spacial score (nSPS) is 14.9. The first-order valence-corrected chi connectivity index (χ1v) is 6.03. The SMILES string of the molecule is NC(=O)CC(N)C(=O)Nc1ccc2c(c1)CCC2. The number of nitrogens with two attached hydrogens (primary N) is 2. The first-order valence-electron chi connectivity index (χ1n) is 6.03. The third kappa shape index (κ3) is 2.87. The van der Waals surface area contributed by atoms with E-state index in [1.807, 2.05) is 18.2 Å². The number of fused-ring (bicyclic) bond motifs is 1. The number of amides is 2. The molecule has 18 heavy (non-hydrogen) atoms. The van der Waals surface area contributed by atoms with Gasteiger partial charge in [0.15, 0.2) is 0 Å². The summed E-state index contributed by atoms with van der Waals surface area (Å²) in [7, 11) is 0. The van der Waals surface area contributed by atoms with Crippen molar-refractivity contribution in [1.82, 2.24) is 0 Å². The van der Waals surface area contributed by atoms with Gasteiger partial charge in [0.2, 0.25) is 11.8 Å². The van der Waals surface area contributed by atoms with Crippen molar-refractivity contribution >= 4 is 17.5 Å². The molecule has 1 aromatic rings. The van der Waals surface area contributed by atoms with E-state index in [-0.39, 0.29) is 12.3 Å². The van der Waals surface area contributed by atoms with Gasteiger partial charge in [-0.3, -0.25) is 9.59 Å². The van der Waals surface area contributed by atoms with Gasteiger partial charge in [-0.15, -0.1) is 0 Å². The predicted molar refractivity (Wildman–Crippen MR) is 68.9 cm³/mol. The molecule has 0 bridgehead atoms.